The van der Waals surface area contributed by atoms with Crippen LogP contribution in [0.25, 0.3) is 0 Å². The van der Waals surface area contributed by atoms with E-state index < -0.39 is 16.1 Å². The number of para-hydroxylation sites is 1. The summed E-state index contributed by atoms with van der Waals surface area (Å²) in [5, 5.41) is 3.22. The fraction of sp³-hybridized carbons (Fsp3) is 0.409. The van der Waals surface area contributed by atoms with Crippen molar-refractivity contribution in [3.05, 3.63) is 53.6 Å². The quantitative estimate of drug-likeness (QED) is 0.663. The summed E-state index contributed by atoms with van der Waals surface area (Å²) in [6.45, 7) is 2.95. The van der Waals surface area contributed by atoms with E-state index in [0.717, 1.165) is 25.7 Å². The number of benzene rings is 2. The molecule has 162 valence electrons. The molecule has 30 heavy (non-hydrogen) atoms. The summed E-state index contributed by atoms with van der Waals surface area (Å²) in [6.07, 6.45) is 3.63. The van der Waals surface area contributed by atoms with Gasteiger partial charge in [0.15, 0.2) is 6.10 Å². The van der Waals surface area contributed by atoms with E-state index in [1.54, 1.807) is 40.7 Å². The van der Waals surface area contributed by atoms with Crippen LogP contribution in [0.15, 0.2) is 53.4 Å². The Labute approximate surface area is 183 Å². The minimum Gasteiger partial charge on any atom is -0.479 e. The molecule has 0 aliphatic carbocycles. The second-order valence-electron chi connectivity index (χ2n) is 7.28. The van der Waals surface area contributed by atoms with Crippen molar-refractivity contribution in [1.82, 2.24) is 4.31 Å². The molecular formula is C22H27ClN2O4S. The van der Waals surface area contributed by atoms with Crippen molar-refractivity contribution in [2.24, 2.45) is 0 Å². The van der Waals surface area contributed by atoms with Gasteiger partial charge < -0.3 is 10.1 Å². The van der Waals surface area contributed by atoms with Gasteiger partial charge in [0, 0.05) is 18.8 Å². The molecule has 1 N–H and O–H groups in total. The van der Waals surface area contributed by atoms with Gasteiger partial charge in [-0.25, -0.2) is 8.42 Å². The summed E-state index contributed by atoms with van der Waals surface area (Å²) in [5.41, 5.74) is 0.510. The normalized spacial score (nSPS) is 16.5. The van der Waals surface area contributed by atoms with Gasteiger partial charge in [0.2, 0.25) is 10.0 Å². The first-order valence-electron chi connectivity index (χ1n) is 10.2. The maximum atomic E-state index is 12.9. The lowest BCUT2D eigenvalue weighted by molar-refractivity contribution is -0.122. The minimum atomic E-state index is -3.52. The van der Waals surface area contributed by atoms with E-state index in [1.165, 1.54) is 12.1 Å². The highest BCUT2D eigenvalue weighted by atomic mass is 35.5. The molecule has 1 fully saturated rings. The van der Waals surface area contributed by atoms with Gasteiger partial charge in [-0.05, 0) is 55.7 Å². The predicted molar refractivity (Wildman–Crippen MR) is 118 cm³/mol. The lowest BCUT2D eigenvalue weighted by Crippen LogP contribution is -2.33. The van der Waals surface area contributed by atoms with Crippen LogP contribution in [0.2, 0.25) is 5.02 Å². The Hall–Kier alpha value is -2.09. The maximum Gasteiger partial charge on any atom is 0.265 e. The first kappa shape index (κ1) is 22.6. The van der Waals surface area contributed by atoms with Gasteiger partial charge in [-0.1, -0.05) is 43.5 Å². The van der Waals surface area contributed by atoms with Crippen LogP contribution in [0.4, 0.5) is 5.69 Å². The molecule has 8 heteroatoms. The fourth-order valence-electron chi connectivity index (χ4n) is 3.38. The second kappa shape index (κ2) is 10.3. The van der Waals surface area contributed by atoms with Crippen LogP contribution in [-0.4, -0.2) is 37.8 Å². The number of sulfonamides is 1. The molecule has 0 saturated carbocycles. The Bertz CT molecular complexity index is 955. The zero-order valence-corrected chi connectivity index (χ0v) is 18.6. The SMILES string of the molecule is CC[C@H](Oc1ccccc1Cl)C(=O)Nc1ccc(S(=O)(=O)N2CCCCCC2)cc1. The Balaban J connectivity index is 1.67. The smallest absolute Gasteiger partial charge is 0.265 e. The van der Waals surface area contributed by atoms with Crippen LogP contribution in [0.5, 0.6) is 5.75 Å². The third-order valence-corrected chi connectivity index (χ3v) is 7.32. The molecule has 6 nitrogen and oxygen atoms in total. The maximum absolute atomic E-state index is 12.9. The van der Waals surface area contributed by atoms with Crippen LogP contribution >= 0.6 is 11.6 Å². The number of halogens is 1. The molecule has 0 unspecified atom stereocenters. The van der Waals surface area contributed by atoms with Crippen LogP contribution in [0, 0.1) is 0 Å². The summed E-state index contributed by atoms with van der Waals surface area (Å²) in [7, 11) is -3.52. The molecule has 1 saturated heterocycles. The number of hydrogen-bond donors (Lipinski definition) is 1. The molecule has 1 aliphatic heterocycles. The summed E-state index contributed by atoms with van der Waals surface area (Å²) < 4.78 is 33.0. The standard InChI is InChI=1S/C22H27ClN2O4S/c1-2-20(29-21-10-6-5-9-19(21)23)22(26)24-17-11-13-18(14-12-17)30(27,28)25-15-7-3-4-8-16-25/h5-6,9-14,20H,2-4,7-8,15-16H2,1H3,(H,24,26)/t20-/m0/s1. The number of nitrogens with one attached hydrogen (secondary N) is 1. The third kappa shape index (κ3) is 5.53. The van der Waals surface area contributed by atoms with E-state index in [0.29, 0.717) is 36.0 Å². The van der Waals surface area contributed by atoms with Crippen molar-refractivity contribution in [2.75, 3.05) is 18.4 Å². The van der Waals surface area contributed by atoms with E-state index in [-0.39, 0.29) is 10.8 Å². The Kier molecular flexibility index (Phi) is 7.75. The second-order valence-corrected chi connectivity index (χ2v) is 9.62. The van der Waals surface area contributed by atoms with Crippen LogP contribution in [0.1, 0.15) is 39.0 Å². The van der Waals surface area contributed by atoms with Crippen molar-refractivity contribution in [3.8, 4) is 5.75 Å². The number of amides is 1. The number of hydrogen-bond acceptors (Lipinski definition) is 4. The molecule has 1 atom stereocenters. The number of anilines is 1. The van der Waals surface area contributed by atoms with Gasteiger partial charge in [0.25, 0.3) is 5.91 Å². The number of ether oxygens (including phenoxy) is 1. The van der Waals surface area contributed by atoms with Crippen molar-refractivity contribution < 1.29 is 17.9 Å². The third-order valence-electron chi connectivity index (χ3n) is 5.09. The average molecular weight is 451 g/mol. The Morgan fingerprint density at radius 3 is 2.30 bits per heavy atom. The zero-order chi connectivity index (χ0) is 21.6. The van der Waals surface area contributed by atoms with Gasteiger partial charge >= 0.3 is 0 Å². The van der Waals surface area contributed by atoms with Crippen LogP contribution in [0.3, 0.4) is 0 Å². The first-order valence-corrected chi connectivity index (χ1v) is 12.1. The van der Waals surface area contributed by atoms with Gasteiger partial charge in [0.05, 0.1) is 9.92 Å². The number of nitrogens with zero attached hydrogens (tertiary/aromatic N) is 1. The highest BCUT2D eigenvalue weighted by Gasteiger charge is 2.25. The van der Waals surface area contributed by atoms with E-state index in [2.05, 4.69) is 5.32 Å². The molecule has 3 rings (SSSR count). The first-order chi connectivity index (χ1) is 14.4. The average Bonchev–Trinajstić information content (AvgIpc) is 3.04. The molecule has 1 amide bonds. The van der Waals surface area contributed by atoms with E-state index >= 15 is 0 Å². The lowest BCUT2D eigenvalue weighted by atomic mass is 10.2. The summed E-state index contributed by atoms with van der Waals surface area (Å²) in [4.78, 5) is 12.9. The van der Waals surface area contributed by atoms with E-state index in [1.807, 2.05) is 6.92 Å². The molecule has 2 aromatic carbocycles. The van der Waals surface area contributed by atoms with Crippen molar-refractivity contribution in [3.63, 3.8) is 0 Å². The van der Waals surface area contributed by atoms with Crippen LogP contribution in [-0.2, 0) is 14.8 Å². The largest absolute Gasteiger partial charge is 0.479 e. The number of rotatable bonds is 7. The molecule has 0 radical (unpaired) electrons. The van der Waals surface area contributed by atoms with Gasteiger partial charge in [0.1, 0.15) is 5.75 Å². The Morgan fingerprint density at radius 1 is 1.07 bits per heavy atom. The molecular weight excluding hydrogens is 424 g/mol. The predicted octanol–water partition coefficient (Wildman–Crippen LogP) is 4.70. The van der Waals surface area contributed by atoms with E-state index in [9.17, 15) is 13.2 Å². The molecule has 1 heterocycles. The van der Waals surface area contributed by atoms with Crippen molar-refractivity contribution in [1.29, 1.82) is 0 Å². The number of carbonyl (C=O) groups excluding carboxylic acids is 1. The lowest BCUT2D eigenvalue weighted by Gasteiger charge is -2.20. The van der Waals surface area contributed by atoms with Crippen molar-refractivity contribution in [2.45, 2.75) is 50.0 Å². The zero-order valence-electron chi connectivity index (χ0n) is 17.0. The summed E-state index contributed by atoms with van der Waals surface area (Å²) in [5.74, 6) is 0.126. The fourth-order valence-corrected chi connectivity index (χ4v) is 5.08. The monoisotopic (exact) mass is 450 g/mol. The molecule has 0 bridgehead atoms. The molecule has 1 aliphatic rings. The summed E-state index contributed by atoms with van der Waals surface area (Å²) in [6, 6.07) is 13.3. The highest BCUT2D eigenvalue weighted by Crippen LogP contribution is 2.26. The van der Waals surface area contributed by atoms with Gasteiger partial charge in [-0.15, -0.1) is 0 Å². The minimum absolute atomic E-state index is 0.238. The van der Waals surface area contributed by atoms with Crippen LogP contribution < -0.4 is 10.1 Å². The molecule has 0 spiro atoms. The topological polar surface area (TPSA) is 75.7 Å². The van der Waals surface area contributed by atoms with E-state index in [4.69, 9.17) is 16.3 Å². The number of carbonyl (C=O) groups is 1. The van der Waals surface area contributed by atoms with Crippen molar-refractivity contribution >= 4 is 33.2 Å². The summed E-state index contributed by atoms with van der Waals surface area (Å²) >= 11 is 6.11. The molecule has 0 aromatic heterocycles. The Morgan fingerprint density at radius 2 is 1.70 bits per heavy atom. The van der Waals surface area contributed by atoms with Gasteiger partial charge in [-0.2, -0.15) is 4.31 Å². The highest BCUT2D eigenvalue weighted by molar-refractivity contribution is 7.89. The van der Waals surface area contributed by atoms with Gasteiger partial charge in [-0.3, -0.25) is 4.79 Å². The molecule has 2 aromatic rings.